The van der Waals surface area contributed by atoms with Gasteiger partial charge >= 0.3 is 0 Å². The van der Waals surface area contributed by atoms with E-state index in [-0.39, 0.29) is 30.1 Å². The predicted octanol–water partition coefficient (Wildman–Crippen LogP) is 4.30. The smallest absolute Gasteiger partial charge is 0.224 e. The van der Waals surface area contributed by atoms with Crippen molar-refractivity contribution in [3.63, 3.8) is 0 Å². The van der Waals surface area contributed by atoms with Crippen molar-refractivity contribution in [1.82, 2.24) is 20.5 Å². The Morgan fingerprint density at radius 3 is 2.59 bits per heavy atom. The van der Waals surface area contributed by atoms with Crippen LogP contribution in [0.2, 0.25) is 0 Å². The van der Waals surface area contributed by atoms with Crippen molar-refractivity contribution in [2.75, 3.05) is 27.7 Å². The molecule has 0 unspecified atom stereocenters. The number of carbonyl (C=O) groups is 3. The van der Waals surface area contributed by atoms with Gasteiger partial charge in [0.1, 0.15) is 0 Å². The molecule has 2 amide bonds. The fourth-order valence-corrected chi connectivity index (χ4v) is 6.25. The number of hydrogen-bond acceptors (Lipinski definition) is 6. The highest BCUT2D eigenvalue weighted by Crippen LogP contribution is 2.31. The summed E-state index contributed by atoms with van der Waals surface area (Å²) in [6.45, 7) is 6.61. The minimum absolute atomic E-state index is 0.0498. The van der Waals surface area contributed by atoms with Crippen LogP contribution < -0.4 is 10.6 Å². The summed E-state index contributed by atoms with van der Waals surface area (Å²) in [5.41, 5.74) is 2.78. The molecule has 1 aromatic carbocycles. The SMILES string of the molecule is C=C(CN(C)C)C(=O)CC[C@@H](NC(=O)[C@@H](CC(=O)NC)Cc1nc2ccc(CC)cc2s1)C1CCCC1. The summed E-state index contributed by atoms with van der Waals surface area (Å²) >= 11 is 1.59. The first kappa shape index (κ1) is 29.0. The van der Waals surface area contributed by atoms with E-state index in [2.05, 4.69) is 36.3 Å². The lowest BCUT2D eigenvalue weighted by Gasteiger charge is -2.27. The molecule has 0 aliphatic heterocycles. The van der Waals surface area contributed by atoms with Gasteiger partial charge < -0.3 is 15.5 Å². The van der Waals surface area contributed by atoms with Crippen molar-refractivity contribution < 1.29 is 14.4 Å². The number of rotatable bonds is 14. The van der Waals surface area contributed by atoms with Crippen LogP contribution in [0.3, 0.4) is 0 Å². The Bertz CT molecular complexity index is 1100. The molecule has 1 heterocycles. The van der Waals surface area contributed by atoms with Crippen molar-refractivity contribution in [3.05, 3.63) is 40.9 Å². The molecule has 2 atom stereocenters. The molecule has 7 nitrogen and oxygen atoms in total. The molecule has 0 spiro atoms. The van der Waals surface area contributed by atoms with Crippen molar-refractivity contribution in [3.8, 4) is 0 Å². The number of likely N-dealkylation sites (N-methyl/N-ethyl adjacent to an activating group) is 1. The number of carbonyl (C=O) groups excluding carboxylic acids is 3. The fraction of sp³-hybridized carbons (Fsp3) is 0.586. The molecule has 202 valence electrons. The maximum atomic E-state index is 13.6. The first-order valence-electron chi connectivity index (χ1n) is 13.4. The van der Waals surface area contributed by atoms with Gasteiger partial charge in [-0.05, 0) is 63.4 Å². The van der Waals surface area contributed by atoms with E-state index in [9.17, 15) is 14.4 Å². The second-order valence-electron chi connectivity index (χ2n) is 10.5. The highest BCUT2D eigenvalue weighted by atomic mass is 32.1. The van der Waals surface area contributed by atoms with Gasteiger partial charge in [0.25, 0.3) is 0 Å². The number of nitrogens with one attached hydrogen (secondary N) is 2. The summed E-state index contributed by atoms with van der Waals surface area (Å²) in [4.78, 5) is 45.3. The third-order valence-corrected chi connectivity index (χ3v) is 8.33. The van der Waals surface area contributed by atoms with Gasteiger partial charge in [-0.3, -0.25) is 14.4 Å². The second-order valence-corrected chi connectivity index (χ2v) is 11.6. The first-order chi connectivity index (χ1) is 17.7. The summed E-state index contributed by atoms with van der Waals surface area (Å²) in [6.07, 6.45) is 6.83. The maximum absolute atomic E-state index is 13.6. The van der Waals surface area contributed by atoms with Gasteiger partial charge in [0.05, 0.1) is 21.1 Å². The zero-order valence-corrected chi connectivity index (χ0v) is 23.6. The van der Waals surface area contributed by atoms with Crippen LogP contribution in [0.15, 0.2) is 30.4 Å². The highest BCUT2D eigenvalue weighted by molar-refractivity contribution is 7.18. The first-order valence-corrected chi connectivity index (χ1v) is 14.3. The van der Waals surface area contributed by atoms with Gasteiger partial charge in [0, 0.05) is 44.5 Å². The molecule has 1 fully saturated rings. The van der Waals surface area contributed by atoms with Crippen LogP contribution in [0.25, 0.3) is 10.2 Å². The van der Waals surface area contributed by atoms with E-state index in [0.717, 1.165) is 47.3 Å². The van der Waals surface area contributed by atoms with Crippen LogP contribution in [-0.4, -0.2) is 61.2 Å². The van der Waals surface area contributed by atoms with E-state index < -0.39 is 5.92 Å². The van der Waals surface area contributed by atoms with Crippen molar-refractivity contribution in [2.24, 2.45) is 11.8 Å². The van der Waals surface area contributed by atoms with E-state index in [1.54, 1.807) is 18.4 Å². The molecule has 2 N–H and O–H groups in total. The van der Waals surface area contributed by atoms with Crippen molar-refractivity contribution in [1.29, 1.82) is 0 Å². The third-order valence-electron chi connectivity index (χ3n) is 7.29. The van der Waals surface area contributed by atoms with Crippen LogP contribution in [0.4, 0.5) is 0 Å². The number of benzene rings is 1. The van der Waals surface area contributed by atoms with Crippen LogP contribution in [0.5, 0.6) is 0 Å². The molecule has 1 aromatic heterocycles. The molecule has 3 rings (SSSR count). The predicted molar refractivity (Wildman–Crippen MR) is 151 cm³/mol. The molecular weight excluding hydrogens is 484 g/mol. The molecule has 0 radical (unpaired) electrons. The average Bonchev–Trinajstić information content (AvgIpc) is 3.54. The molecule has 2 aromatic rings. The molecule has 1 saturated carbocycles. The Labute approximate surface area is 225 Å². The maximum Gasteiger partial charge on any atom is 0.224 e. The average molecular weight is 527 g/mol. The number of nitrogens with zero attached hydrogens (tertiary/aromatic N) is 2. The molecule has 1 aliphatic carbocycles. The van der Waals surface area contributed by atoms with E-state index in [1.165, 1.54) is 5.56 Å². The number of thiazole rings is 1. The lowest BCUT2D eigenvalue weighted by atomic mass is 9.91. The van der Waals surface area contributed by atoms with E-state index in [1.807, 2.05) is 25.1 Å². The Balaban J connectivity index is 1.73. The summed E-state index contributed by atoms with van der Waals surface area (Å²) in [5.74, 6) is -0.409. The van der Waals surface area contributed by atoms with Crippen LogP contribution in [0, 0.1) is 11.8 Å². The van der Waals surface area contributed by atoms with E-state index >= 15 is 0 Å². The van der Waals surface area contributed by atoms with Crippen LogP contribution in [0.1, 0.15) is 62.4 Å². The zero-order chi connectivity index (χ0) is 26.9. The number of fused-ring (bicyclic) bond motifs is 1. The zero-order valence-electron chi connectivity index (χ0n) is 22.8. The summed E-state index contributed by atoms with van der Waals surface area (Å²) in [5, 5.41) is 6.78. The minimum atomic E-state index is -0.519. The number of amides is 2. The van der Waals surface area contributed by atoms with Gasteiger partial charge in [0.15, 0.2) is 5.78 Å². The standard InChI is InChI=1S/C29H42N4O3S/c1-6-20-11-12-24-26(15-20)37-28(31-24)17-22(16-27(35)30-3)29(36)32-23(21-9-7-8-10-21)13-14-25(34)19(2)18-33(4)5/h11-12,15,21-23H,2,6-10,13-14,16-18H2,1,3-5H3,(H,30,35)(H,32,36)/t22-,23+/m0/s1. The van der Waals surface area contributed by atoms with Crippen LogP contribution in [-0.2, 0) is 27.2 Å². The number of aromatic nitrogens is 1. The Kier molecular flexibility index (Phi) is 10.8. The molecule has 37 heavy (non-hydrogen) atoms. The number of hydrogen-bond donors (Lipinski definition) is 2. The van der Waals surface area contributed by atoms with E-state index in [4.69, 9.17) is 4.98 Å². The lowest BCUT2D eigenvalue weighted by molar-refractivity contribution is -0.131. The highest BCUT2D eigenvalue weighted by Gasteiger charge is 2.31. The quantitative estimate of drug-likeness (QED) is 0.358. The molecule has 0 saturated heterocycles. The largest absolute Gasteiger partial charge is 0.359 e. The topological polar surface area (TPSA) is 91.4 Å². The summed E-state index contributed by atoms with van der Waals surface area (Å²) in [6, 6.07) is 6.18. The second kappa shape index (κ2) is 13.8. The van der Waals surface area contributed by atoms with Gasteiger partial charge in [-0.2, -0.15) is 0 Å². The van der Waals surface area contributed by atoms with Gasteiger partial charge in [-0.15, -0.1) is 11.3 Å². The minimum Gasteiger partial charge on any atom is -0.359 e. The number of Topliss-reactive ketones (excluding diaryl/α,β-unsaturated/α-hetero) is 1. The monoisotopic (exact) mass is 526 g/mol. The van der Waals surface area contributed by atoms with Gasteiger partial charge in [-0.25, -0.2) is 4.98 Å². The molecule has 0 bridgehead atoms. The third kappa shape index (κ3) is 8.47. The normalized spacial score (nSPS) is 15.6. The Morgan fingerprint density at radius 1 is 1.22 bits per heavy atom. The Morgan fingerprint density at radius 2 is 1.95 bits per heavy atom. The Hall–Kier alpha value is -2.58. The molecular formula is C29H42N4O3S. The van der Waals surface area contributed by atoms with Gasteiger partial charge in [0.2, 0.25) is 11.8 Å². The van der Waals surface area contributed by atoms with Gasteiger partial charge in [-0.1, -0.05) is 32.4 Å². The van der Waals surface area contributed by atoms with Crippen molar-refractivity contribution >= 4 is 39.2 Å². The van der Waals surface area contributed by atoms with Crippen LogP contribution >= 0.6 is 11.3 Å². The number of aryl methyl sites for hydroxylation is 1. The lowest BCUT2D eigenvalue weighted by Crippen LogP contribution is -2.44. The molecule has 8 heteroatoms. The molecule has 1 aliphatic rings. The fourth-order valence-electron chi connectivity index (χ4n) is 5.14. The van der Waals surface area contributed by atoms with Crippen molar-refractivity contribution in [2.45, 2.75) is 70.8 Å². The summed E-state index contributed by atoms with van der Waals surface area (Å²) in [7, 11) is 5.43. The summed E-state index contributed by atoms with van der Waals surface area (Å²) < 4.78 is 1.11. The van der Waals surface area contributed by atoms with E-state index in [0.29, 0.717) is 37.3 Å². The number of ketones is 1.